The zero-order valence-corrected chi connectivity index (χ0v) is 37.9. The molecule has 0 atom stereocenters. The second-order valence-corrected chi connectivity index (χ2v) is 17.5. The van der Waals surface area contributed by atoms with Gasteiger partial charge in [-0.2, -0.15) is 0 Å². The number of fused-ring (bicyclic) bond motifs is 5. The van der Waals surface area contributed by atoms with E-state index in [1.807, 2.05) is 0 Å². The molecule has 290 valence electrons. The predicted molar refractivity (Wildman–Crippen MR) is 301 cm³/mol. The van der Waals surface area contributed by atoms with Crippen molar-refractivity contribution < 1.29 is 4.42 Å². The standard InChI is InChI=1S/C52H44B9NO/c53-42-40(43(54)47(58)48(59)46(42)57)41-44(55)49(60)51(50(61)45(41)56)62(37-15-7-6-12-33(37)30-19-17-28(18-20-30)27-9-2-1-3-10-27)32-24-21-31(22-25-32)34-14-8-16-38-39(34)36-26-23-29-11-4-5-13-35(29)52(36)63-38/h1-26H,53-61H2. The quantitative estimate of drug-likeness (QED) is 0.197. The summed E-state index contributed by atoms with van der Waals surface area (Å²) in [5.41, 5.74) is 27.2. The van der Waals surface area contributed by atoms with Crippen LogP contribution in [-0.4, -0.2) is 70.6 Å². The number of hydrogen-bond donors (Lipinski definition) is 0. The van der Waals surface area contributed by atoms with E-state index < -0.39 is 0 Å². The molecule has 0 spiro atoms. The highest BCUT2D eigenvalue weighted by Crippen LogP contribution is 2.43. The molecular formula is C52H44B9NO. The highest BCUT2D eigenvalue weighted by Gasteiger charge is 2.26. The highest BCUT2D eigenvalue weighted by molar-refractivity contribution is 6.71. The summed E-state index contributed by atoms with van der Waals surface area (Å²) in [6.45, 7) is 0. The topological polar surface area (TPSA) is 16.4 Å². The van der Waals surface area contributed by atoms with E-state index in [9.17, 15) is 0 Å². The van der Waals surface area contributed by atoms with Gasteiger partial charge in [-0.3, -0.25) is 0 Å². The lowest BCUT2D eigenvalue weighted by Crippen LogP contribution is -2.57. The van der Waals surface area contributed by atoms with Gasteiger partial charge in [-0.1, -0.05) is 160 Å². The van der Waals surface area contributed by atoms with Crippen molar-refractivity contribution in [2.45, 2.75) is 0 Å². The normalized spacial score (nSPS) is 11.4. The van der Waals surface area contributed by atoms with E-state index in [0.29, 0.717) is 0 Å². The summed E-state index contributed by atoms with van der Waals surface area (Å²) in [6.07, 6.45) is 0. The summed E-state index contributed by atoms with van der Waals surface area (Å²) in [5, 5.41) is 4.60. The fraction of sp³-hybridized carbons (Fsp3) is 0. The van der Waals surface area contributed by atoms with Gasteiger partial charge in [0, 0.05) is 33.1 Å². The third-order valence-corrected chi connectivity index (χ3v) is 14.3. The number of anilines is 3. The molecule has 0 N–H and O–H groups in total. The van der Waals surface area contributed by atoms with Crippen LogP contribution in [0.4, 0.5) is 17.1 Å². The molecule has 0 saturated heterocycles. The van der Waals surface area contributed by atoms with Crippen molar-refractivity contribution in [2.24, 2.45) is 0 Å². The monoisotopic (exact) mass is 797 g/mol. The first kappa shape index (κ1) is 40.5. The van der Waals surface area contributed by atoms with Crippen LogP contribution in [0.3, 0.4) is 0 Å². The van der Waals surface area contributed by atoms with Crippen LogP contribution in [0.1, 0.15) is 0 Å². The molecule has 10 rings (SSSR count). The lowest BCUT2D eigenvalue weighted by Gasteiger charge is -2.34. The third-order valence-electron chi connectivity index (χ3n) is 14.3. The van der Waals surface area contributed by atoms with Gasteiger partial charge >= 0.3 is 0 Å². The van der Waals surface area contributed by atoms with Gasteiger partial charge in [-0.25, -0.2) is 0 Å². The Balaban J connectivity index is 1.17. The lowest BCUT2D eigenvalue weighted by atomic mass is 9.56. The Morgan fingerprint density at radius 1 is 0.349 bits per heavy atom. The molecule has 0 radical (unpaired) electrons. The first-order valence-corrected chi connectivity index (χ1v) is 22.2. The molecule has 0 amide bonds. The Hall–Kier alpha value is -6.58. The number of furan rings is 1. The van der Waals surface area contributed by atoms with Gasteiger partial charge in [-0.05, 0) is 74.7 Å². The Bertz CT molecular complexity index is 3380. The predicted octanol–water partition coefficient (Wildman–Crippen LogP) is -0.797. The number of benzene rings is 9. The van der Waals surface area contributed by atoms with E-state index in [4.69, 9.17) is 4.42 Å². The Kier molecular flexibility index (Phi) is 10.3. The average molecular weight is 796 g/mol. The molecule has 0 saturated carbocycles. The zero-order valence-electron chi connectivity index (χ0n) is 37.9. The van der Waals surface area contributed by atoms with E-state index in [1.54, 1.807) is 0 Å². The molecule has 2 nitrogen and oxygen atoms in total. The van der Waals surface area contributed by atoms with Gasteiger partial charge in [0.15, 0.2) is 0 Å². The third kappa shape index (κ3) is 6.63. The minimum Gasteiger partial charge on any atom is -0.455 e. The molecular weight excluding hydrogens is 752 g/mol. The van der Waals surface area contributed by atoms with Gasteiger partial charge in [-0.15, -0.1) is 16.4 Å². The van der Waals surface area contributed by atoms with Crippen LogP contribution in [0.25, 0.3) is 77.2 Å². The molecule has 0 aliphatic carbocycles. The highest BCUT2D eigenvalue weighted by atomic mass is 16.3. The molecule has 0 bridgehead atoms. The second-order valence-electron chi connectivity index (χ2n) is 17.5. The Labute approximate surface area is 379 Å². The number of nitrogens with zero attached hydrogens (tertiary/aromatic N) is 1. The van der Waals surface area contributed by atoms with Crippen molar-refractivity contribution in [3.63, 3.8) is 0 Å². The number of para-hydroxylation sites is 1. The van der Waals surface area contributed by atoms with E-state index in [-0.39, 0.29) is 0 Å². The van der Waals surface area contributed by atoms with Crippen LogP contribution >= 0.6 is 0 Å². The summed E-state index contributed by atoms with van der Waals surface area (Å²) in [5.74, 6) is 0. The van der Waals surface area contributed by atoms with E-state index >= 15 is 0 Å². The lowest BCUT2D eigenvalue weighted by molar-refractivity contribution is 0.673. The molecule has 0 fully saturated rings. The van der Waals surface area contributed by atoms with Crippen molar-refractivity contribution in [2.75, 3.05) is 4.90 Å². The number of rotatable bonds is 7. The SMILES string of the molecule is Bc1c(B)c(B)c(-c2c(B)c(B)c(N(c3ccc(-c4cccc5oc6c7ccccc7ccc6c45)cc3)c3ccccc3-c3ccc(-c4ccccc4)cc3)c(B)c2B)c(B)c1B. The van der Waals surface area contributed by atoms with Crippen molar-refractivity contribution in [3.8, 4) is 44.5 Å². The maximum atomic E-state index is 6.61. The van der Waals surface area contributed by atoms with Crippen LogP contribution < -0.4 is 54.1 Å². The minimum atomic E-state index is 0.901. The maximum Gasteiger partial charge on any atom is 0.143 e. The molecule has 9 aromatic carbocycles. The van der Waals surface area contributed by atoms with Crippen molar-refractivity contribution in [1.29, 1.82) is 0 Å². The first-order valence-electron chi connectivity index (χ1n) is 22.2. The number of hydrogen-bond acceptors (Lipinski definition) is 2. The molecule has 0 aliphatic heterocycles. The Morgan fingerprint density at radius 3 is 1.54 bits per heavy atom. The van der Waals surface area contributed by atoms with E-state index in [1.165, 1.54) is 93.6 Å². The van der Waals surface area contributed by atoms with Gasteiger partial charge in [0.1, 0.15) is 81.8 Å². The van der Waals surface area contributed by atoms with Gasteiger partial charge in [0.05, 0.1) is 5.69 Å². The van der Waals surface area contributed by atoms with Gasteiger partial charge < -0.3 is 9.32 Å². The molecule has 0 aliphatic rings. The van der Waals surface area contributed by atoms with E-state index in [0.717, 1.165) is 49.8 Å². The van der Waals surface area contributed by atoms with Crippen molar-refractivity contribution in [1.82, 2.24) is 0 Å². The largest absolute Gasteiger partial charge is 0.455 e. The summed E-state index contributed by atoms with van der Waals surface area (Å²) < 4.78 is 6.61. The average Bonchev–Trinajstić information content (AvgIpc) is 3.72. The van der Waals surface area contributed by atoms with Gasteiger partial charge in [0.2, 0.25) is 0 Å². The molecule has 10 aromatic rings. The first-order chi connectivity index (χ1) is 30.5. The summed E-state index contributed by atoms with van der Waals surface area (Å²) in [7, 11) is 20.8. The molecule has 63 heavy (non-hydrogen) atoms. The van der Waals surface area contributed by atoms with Crippen LogP contribution in [0, 0.1) is 0 Å². The van der Waals surface area contributed by atoms with E-state index in [2.05, 4.69) is 233 Å². The minimum absolute atomic E-state index is 0.901. The summed E-state index contributed by atoms with van der Waals surface area (Å²) in [4.78, 5) is 2.52. The van der Waals surface area contributed by atoms with Crippen LogP contribution in [0.5, 0.6) is 0 Å². The smallest absolute Gasteiger partial charge is 0.143 e. The van der Waals surface area contributed by atoms with Crippen LogP contribution in [-0.2, 0) is 0 Å². The summed E-state index contributed by atoms with van der Waals surface area (Å²) in [6, 6.07) is 57.1. The fourth-order valence-corrected chi connectivity index (χ4v) is 10.2. The van der Waals surface area contributed by atoms with Crippen LogP contribution in [0.2, 0.25) is 0 Å². The molecule has 1 aromatic heterocycles. The molecule has 11 heteroatoms. The maximum absolute atomic E-state index is 6.61. The van der Waals surface area contributed by atoms with Crippen molar-refractivity contribution >= 4 is 170 Å². The second kappa shape index (κ2) is 16.0. The Morgan fingerprint density at radius 2 is 0.857 bits per heavy atom. The van der Waals surface area contributed by atoms with Crippen molar-refractivity contribution in [3.05, 3.63) is 158 Å². The van der Waals surface area contributed by atoms with Crippen LogP contribution in [0.15, 0.2) is 162 Å². The zero-order chi connectivity index (χ0) is 43.7. The summed E-state index contributed by atoms with van der Waals surface area (Å²) >= 11 is 0. The van der Waals surface area contributed by atoms with Gasteiger partial charge in [0.25, 0.3) is 0 Å². The fourth-order valence-electron chi connectivity index (χ4n) is 10.2. The molecule has 0 unspecified atom stereocenters. The molecule has 1 heterocycles.